The Hall–Kier alpha value is -14.2. The third kappa shape index (κ3) is 36.3. The van der Waals surface area contributed by atoms with E-state index in [1.54, 1.807) is 82.3 Å². The molecule has 6 rings (SSSR count). The maximum absolute atomic E-state index is 14.6. The summed E-state index contributed by atoms with van der Waals surface area (Å²) in [5.74, 6) is -24.7. The van der Waals surface area contributed by atoms with E-state index in [4.69, 9.17) is 5.73 Å². The molecule has 2 fully saturated rings. The molecule has 2 aromatic heterocycles. The molecular weight excluding hydrogens is 1890 g/mol. The van der Waals surface area contributed by atoms with Crippen molar-refractivity contribution in [1.29, 1.82) is 0 Å². The van der Waals surface area contributed by atoms with Gasteiger partial charge in [-0.1, -0.05) is 104 Å². The number of H-pyrrole nitrogens is 2. The van der Waals surface area contributed by atoms with Crippen molar-refractivity contribution in [3.63, 3.8) is 0 Å². The number of aromatic amines is 2. The summed E-state index contributed by atoms with van der Waals surface area (Å²) >= 11 is 0. The van der Waals surface area contributed by atoms with Gasteiger partial charge in [0.1, 0.15) is 103 Å². The molecule has 2 aliphatic rings. The van der Waals surface area contributed by atoms with Crippen LogP contribution >= 0.6 is 0 Å². The van der Waals surface area contributed by atoms with Crippen molar-refractivity contribution >= 4 is 135 Å². The molecule has 2 saturated heterocycles. The van der Waals surface area contributed by atoms with Gasteiger partial charge >= 0.3 is 5.97 Å². The molecule has 21 atom stereocenters. The minimum Gasteiger partial charge on any atom is -0.480 e. The van der Waals surface area contributed by atoms with E-state index in [1.807, 2.05) is 0 Å². The van der Waals surface area contributed by atoms with Gasteiger partial charge in [-0.2, -0.15) is 0 Å². The molecule has 0 radical (unpaired) electrons. The number of nitrogens with zero attached hydrogens (tertiary/aromatic N) is 2. The number of carboxylic acid groups (broad SMARTS) is 1. The Morgan fingerprint density at radius 1 is 0.417 bits per heavy atom. The summed E-state index contributed by atoms with van der Waals surface area (Å²) in [5.41, 5.74) is 7.25. The lowest BCUT2D eigenvalue weighted by molar-refractivity contribution is -0.145. The van der Waals surface area contributed by atoms with Crippen molar-refractivity contribution in [1.82, 2.24) is 121 Å². The van der Waals surface area contributed by atoms with E-state index >= 15 is 0 Å². The molecule has 794 valence electrons. The third-order valence-corrected chi connectivity index (χ3v) is 23.6. The molecule has 144 heavy (non-hydrogen) atoms. The van der Waals surface area contributed by atoms with Crippen LogP contribution < -0.4 is 107 Å². The Bertz CT molecular complexity index is 5130. The smallest absolute Gasteiger partial charge is 0.325 e. The summed E-state index contributed by atoms with van der Waals surface area (Å²) in [5, 5.41) is 120. The Morgan fingerprint density at radius 2 is 0.847 bits per heavy atom. The predicted molar refractivity (Wildman–Crippen MR) is 510 cm³/mol. The number of rotatable bonds is 57. The Morgan fingerprint density at radius 3 is 1.36 bits per heavy atom. The number of aromatic nitrogens is 3. The second kappa shape index (κ2) is 57.2. The lowest BCUT2D eigenvalue weighted by Crippen LogP contribution is -2.63. The van der Waals surface area contributed by atoms with Crippen molar-refractivity contribution in [2.75, 3.05) is 46.0 Å². The number of carbonyl (C=O) groups is 21. The minimum atomic E-state index is -1.99. The zero-order chi connectivity index (χ0) is 107. The fourth-order valence-electron chi connectivity index (χ4n) is 15.5. The first-order chi connectivity index (χ1) is 67.9. The molecule has 4 heterocycles. The zero-order valence-electron chi connectivity index (χ0n) is 82.4. The van der Waals surface area contributed by atoms with Crippen molar-refractivity contribution in [3.05, 3.63) is 90.1 Å². The SMILES string of the molecule is CC(C)C[C@H](NC(=O)[C@H](C)NC(=O)CNC(=O)[C@H](CO)NC(=O)[C@H](CC(N)=O)NC(=O)[C@H](Cc1c[nH]c2ccccc12)NC(=O)[C@H](CO)NC(=O)[C@@H](NC(=O)[C@@H](NC(=O)[C@@H](NC(=O)[C@@H]1CCCN1)C(C)C)[C@@H](C)O)C(C)C)C(=O)N[C@H](C(=O)N[C@@H](CO)C(=O)NCC(=O)N[C@H](C(=O)N[C@@H](Cc1c[nH]cn1)C(=O)N[C@H](C(=O)N[C@@H](Cc1ccccc1)C(=O)N1CCC[C@H]1C(=O)N[C@@H](C)C(=O)O)[C@@H](C)O)C(C)C)[C@@H](C)O. The molecular formula is C92H138N24O28. The van der Waals surface area contributed by atoms with Crippen LogP contribution in [0.15, 0.2) is 73.3 Å². The highest BCUT2D eigenvalue weighted by molar-refractivity contribution is 6.03. The minimum absolute atomic E-state index is 0.0594. The second-order valence-electron chi connectivity index (χ2n) is 36.9. The summed E-state index contributed by atoms with van der Waals surface area (Å²) in [7, 11) is 0. The van der Waals surface area contributed by atoms with Crippen LogP contribution in [0.2, 0.25) is 0 Å². The Labute approximate surface area is 829 Å². The fraction of sp³-hybridized carbons (Fsp3) is 0.587. The summed E-state index contributed by atoms with van der Waals surface area (Å²) in [6.45, 7) is 13.7. The van der Waals surface area contributed by atoms with E-state index in [2.05, 4.69) is 116 Å². The van der Waals surface area contributed by atoms with Gasteiger partial charge in [0.15, 0.2) is 0 Å². The first-order valence-electron chi connectivity index (χ1n) is 47.3. The number of hydrogen-bond donors (Lipinski definition) is 29. The number of carbonyl (C=O) groups excluding carboxylic acids is 20. The number of likely N-dealkylation sites (tertiary alicyclic amines) is 1. The van der Waals surface area contributed by atoms with Gasteiger partial charge in [0.25, 0.3) is 0 Å². The molecule has 2 aromatic carbocycles. The number of fused-ring (bicyclic) bond motifs is 1. The van der Waals surface area contributed by atoms with Crippen LogP contribution in [0.1, 0.15) is 145 Å². The van der Waals surface area contributed by atoms with Gasteiger partial charge in [-0.05, 0) is 114 Å². The number of benzene rings is 2. The Kier molecular flexibility index (Phi) is 47.0. The fourth-order valence-corrected chi connectivity index (χ4v) is 15.5. The predicted octanol–water partition coefficient (Wildman–Crippen LogP) is -10.2. The van der Waals surface area contributed by atoms with E-state index in [0.717, 1.165) is 20.3 Å². The average Bonchev–Trinajstić information content (AvgIpc) is 1.67. The number of carboxylic acids is 1. The largest absolute Gasteiger partial charge is 0.480 e. The summed E-state index contributed by atoms with van der Waals surface area (Å²) in [6, 6.07) is -13.1. The van der Waals surface area contributed by atoms with Gasteiger partial charge in [-0.3, -0.25) is 101 Å². The van der Waals surface area contributed by atoms with Crippen molar-refractivity contribution in [2.24, 2.45) is 29.4 Å². The van der Waals surface area contributed by atoms with E-state index < -0.39 is 321 Å². The number of nitrogens with one attached hydrogen (secondary N) is 21. The van der Waals surface area contributed by atoms with Gasteiger partial charge in [0, 0.05) is 49.1 Å². The van der Waals surface area contributed by atoms with Crippen LogP contribution in [0.25, 0.3) is 10.9 Å². The maximum Gasteiger partial charge on any atom is 0.325 e. The molecule has 0 bridgehead atoms. The number of aliphatic hydroxyl groups is 6. The normalized spacial score (nSPS) is 17.4. The van der Waals surface area contributed by atoms with E-state index in [9.17, 15) is 136 Å². The highest BCUT2D eigenvalue weighted by Crippen LogP contribution is 2.24. The molecule has 52 nitrogen and oxygen atoms in total. The topological polar surface area (TPSA) is 802 Å². The number of nitrogens with two attached hydrogens (primary N) is 1. The Balaban J connectivity index is 1.03. The molecule has 0 aliphatic carbocycles. The van der Waals surface area contributed by atoms with Gasteiger partial charge < -0.3 is 157 Å². The molecule has 4 aromatic rings. The van der Waals surface area contributed by atoms with Crippen LogP contribution in [-0.2, 0) is 120 Å². The molecule has 0 unspecified atom stereocenters. The number of imidazole rings is 1. The first-order valence-corrected chi connectivity index (χ1v) is 47.3. The van der Waals surface area contributed by atoms with E-state index in [0.29, 0.717) is 41.4 Å². The van der Waals surface area contributed by atoms with Crippen LogP contribution in [0, 0.1) is 23.7 Å². The average molecular weight is 2030 g/mol. The van der Waals surface area contributed by atoms with Gasteiger partial charge in [-0.15, -0.1) is 0 Å². The van der Waals surface area contributed by atoms with Crippen LogP contribution in [0.4, 0.5) is 0 Å². The lowest BCUT2D eigenvalue weighted by atomic mass is 10.00. The highest BCUT2D eigenvalue weighted by atomic mass is 16.4. The number of primary amides is 1. The van der Waals surface area contributed by atoms with Crippen molar-refractivity contribution in [2.45, 2.75) is 275 Å². The monoisotopic (exact) mass is 2030 g/mol. The third-order valence-electron chi connectivity index (χ3n) is 23.6. The number of amides is 20. The summed E-state index contributed by atoms with van der Waals surface area (Å²) < 4.78 is 0. The first kappa shape index (κ1) is 118. The second-order valence-corrected chi connectivity index (χ2v) is 36.9. The van der Waals surface area contributed by atoms with Gasteiger partial charge in [-0.25, -0.2) is 4.98 Å². The van der Waals surface area contributed by atoms with Gasteiger partial charge in [0.2, 0.25) is 118 Å². The number of aliphatic carboxylic acids is 1. The molecule has 30 N–H and O–H groups in total. The van der Waals surface area contributed by atoms with Crippen LogP contribution in [-0.4, -0.2) is 353 Å². The molecule has 0 spiro atoms. The summed E-state index contributed by atoms with van der Waals surface area (Å²) in [4.78, 5) is 299. The molecule has 52 heteroatoms. The van der Waals surface area contributed by atoms with Gasteiger partial charge in [0.05, 0.1) is 75.7 Å². The van der Waals surface area contributed by atoms with Crippen molar-refractivity contribution in [3.8, 4) is 0 Å². The quantitative estimate of drug-likeness (QED) is 0.0195. The number of hydrogen-bond acceptors (Lipinski definition) is 29. The van der Waals surface area contributed by atoms with E-state index in [-0.39, 0.29) is 37.9 Å². The number of para-hydroxylation sites is 1. The maximum atomic E-state index is 14.6. The standard InChI is InChI=1S/C92H138N24O28/c1-42(2)29-57(81(132)113-73(49(12)121)89(140)108-63(39-118)77(128)98-37-68(125)110-69(43(3)4)85(136)105-59(32-53-35-94-41-99-53)82(133)114-72(48(11)120)88(139)106-61(30-51-21-15-14-16-22-51)91(142)116-28-20-26-65(116)84(135)101-47(10)92(143)144)102-75(126)46(9)100-67(124)36-97-76(127)62(38-117)107-80(131)60(33-66(93)123)104-79(130)58(31-52-34-96-55-24-18-17-23-54(52)55)103-83(134)64(40-119)109-86(137)70(44(5)6)112-90(141)74(50(13)122)115-87(138)71(45(7)8)111-78(129)56-25-19-27-95-56/h14-18,21-24,34-35,41-50,56-65,69-74,95-96,117-122H,19-20,25-33,36-40H2,1-13H3,(H2,93,123)(H,94,99)(H,97,127)(H,98,128)(H,100,124)(H,101,135)(H,102,126)(H,103,134)(H,104,130)(H,105,136)(H,106,139)(H,107,131)(H,108,140)(H,109,137)(H,110,125)(H,111,129)(H,112,141)(H,113,132)(H,114,133)(H,115,138)(H,143,144)/t46-,47-,48+,49+,50+,56-,57-,58-,59-,60-,61-,62-,63-,64-,65-,69-,70-,71-,72-,73-,74-/m0/s1. The van der Waals surface area contributed by atoms with Crippen LogP contribution in [0.5, 0.6) is 0 Å². The summed E-state index contributed by atoms with van der Waals surface area (Å²) in [6.07, 6.45) is -1.13. The van der Waals surface area contributed by atoms with Crippen molar-refractivity contribution < 1.29 is 136 Å². The molecule has 0 saturated carbocycles. The highest BCUT2D eigenvalue weighted by Gasteiger charge is 2.44. The lowest BCUT2D eigenvalue weighted by Gasteiger charge is -2.31. The zero-order valence-corrected chi connectivity index (χ0v) is 82.4. The number of aliphatic hydroxyl groups excluding tert-OH is 6. The molecule has 2 aliphatic heterocycles. The molecule has 20 amide bonds. The van der Waals surface area contributed by atoms with Crippen LogP contribution in [0.3, 0.4) is 0 Å². The van der Waals surface area contributed by atoms with E-state index in [1.165, 1.54) is 72.1 Å².